The summed E-state index contributed by atoms with van der Waals surface area (Å²) in [5.74, 6) is -0.585. The largest absolute Gasteiger partial charge is 0.480 e. The van der Waals surface area contributed by atoms with Crippen LogP contribution in [0.25, 0.3) is 10.8 Å². The third-order valence-electron chi connectivity index (χ3n) is 4.94. The number of fused-ring (bicyclic) bond motifs is 2. The number of pyridine rings is 1. The first-order chi connectivity index (χ1) is 13.0. The molecule has 2 aromatic carbocycles. The van der Waals surface area contributed by atoms with Gasteiger partial charge in [0, 0.05) is 32.3 Å². The van der Waals surface area contributed by atoms with Gasteiger partial charge in [0.05, 0.1) is 5.69 Å². The van der Waals surface area contributed by atoms with Crippen LogP contribution in [0.5, 0.6) is 0 Å². The van der Waals surface area contributed by atoms with Gasteiger partial charge in [-0.25, -0.2) is 4.79 Å². The maximum Gasteiger partial charge on any atom is 0.327 e. The van der Waals surface area contributed by atoms with Gasteiger partial charge in [-0.2, -0.15) is 0 Å². The molecule has 0 fully saturated rings. The standard InChI is InChI=1S/C21H20N2O3S/c1-22(2)19-15(10-14-8-5-7-13-6-3-4-9-16(13)14)11-18(24)23-17(21(25)26)12-27-20(19)23/h3-9,11,17H,10,12H2,1-2H3,(H,25,26)/t17-/m0/s1. The van der Waals surface area contributed by atoms with Crippen molar-refractivity contribution in [3.63, 3.8) is 0 Å². The van der Waals surface area contributed by atoms with Gasteiger partial charge in [0.15, 0.2) is 0 Å². The molecule has 0 amide bonds. The third kappa shape index (κ3) is 3.00. The molecule has 5 nitrogen and oxygen atoms in total. The van der Waals surface area contributed by atoms with Crippen molar-refractivity contribution >= 4 is 34.2 Å². The zero-order valence-corrected chi connectivity index (χ0v) is 16.0. The van der Waals surface area contributed by atoms with Crippen LogP contribution >= 0.6 is 11.8 Å². The molecule has 1 N–H and O–H groups in total. The lowest BCUT2D eigenvalue weighted by Gasteiger charge is -2.22. The fourth-order valence-electron chi connectivity index (χ4n) is 3.75. The van der Waals surface area contributed by atoms with Gasteiger partial charge in [-0.05, 0) is 21.9 Å². The summed E-state index contributed by atoms with van der Waals surface area (Å²) in [6.45, 7) is 0. The summed E-state index contributed by atoms with van der Waals surface area (Å²) in [5, 5.41) is 12.5. The second-order valence-corrected chi connectivity index (χ2v) is 7.91. The molecule has 0 radical (unpaired) electrons. The predicted octanol–water partition coefficient (Wildman–Crippen LogP) is 3.39. The Hall–Kier alpha value is -2.73. The van der Waals surface area contributed by atoms with E-state index in [1.807, 2.05) is 37.2 Å². The van der Waals surface area contributed by atoms with E-state index in [1.165, 1.54) is 27.1 Å². The molecular weight excluding hydrogens is 360 g/mol. The predicted molar refractivity (Wildman–Crippen MR) is 109 cm³/mol. The first-order valence-corrected chi connectivity index (χ1v) is 9.74. The molecule has 0 saturated carbocycles. The summed E-state index contributed by atoms with van der Waals surface area (Å²) in [5.41, 5.74) is 2.75. The number of anilines is 1. The second-order valence-electron chi connectivity index (χ2n) is 6.91. The average molecular weight is 380 g/mol. The van der Waals surface area contributed by atoms with E-state index >= 15 is 0 Å². The number of carbonyl (C=O) groups is 1. The first kappa shape index (κ1) is 17.7. The van der Waals surface area contributed by atoms with E-state index in [4.69, 9.17) is 0 Å². The van der Waals surface area contributed by atoms with Crippen LogP contribution in [0, 0.1) is 0 Å². The lowest BCUT2D eigenvalue weighted by molar-refractivity contribution is -0.140. The number of rotatable bonds is 4. The SMILES string of the molecule is CN(C)c1c(Cc2cccc3ccccc23)cc(=O)n2c1SC[C@H]2C(=O)O. The fraction of sp³-hybridized carbons (Fsp3) is 0.238. The van der Waals surface area contributed by atoms with E-state index < -0.39 is 12.0 Å². The Kier molecular flexibility index (Phi) is 4.44. The summed E-state index contributed by atoms with van der Waals surface area (Å²) in [7, 11) is 3.86. The zero-order chi connectivity index (χ0) is 19.1. The van der Waals surface area contributed by atoms with Gasteiger partial charge >= 0.3 is 5.97 Å². The van der Waals surface area contributed by atoms with Crippen molar-refractivity contribution in [1.82, 2.24) is 4.57 Å². The maximum atomic E-state index is 12.7. The second kappa shape index (κ2) is 6.78. The molecule has 0 aliphatic carbocycles. The smallest absolute Gasteiger partial charge is 0.327 e. The number of nitrogens with zero attached hydrogens (tertiary/aromatic N) is 2. The van der Waals surface area contributed by atoms with E-state index in [2.05, 4.69) is 24.3 Å². The van der Waals surface area contributed by atoms with Crippen LogP contribution < -0.4 is 10.5 Å². The Morgan fingerprint density at radius 1 is 1.19 bits per heavy atom. The number of carboxylic acid groups (broad SMARTS) is 1. The third-order valence-corrected chi connectivity index (χ3v) is 6.09. The van der Waals surface area contributed by atoms with Crippen molar-refractivity contribution in [2.75, 3.05) is 24.7 Å². The number of hydrogen-bond acceptors (Lipinski definition) is 4. The Morgan fingerprint density at radius 2 is 1.93 bits per heavy atom. The number of benzene rings is 2. The first-order valence-electron chi connectivity index (χ1n) is 8.75. The minimum absolute atomic E-state index is 0.247. The molecule has 1 aliphatic heterocycles. The van der Waals surface area contributed by atoms with E-state index in [9.17, 15) is 14.7 Å². The maximum absolute atomic E-state index is 12.7. The van der Waals surface area contributed by atoms with Crippen molar-refractivity contribution in [3.8, 4) is 0 Å². The highest BCUT2D eigenvalue weighted by Gasteiger charge is 2.33. The fourth-order valence-corrected chi connectivity index (χ4v) is 5.16. The van der Waals surface area contributed by atoms with Crippen LogP contribution in [-0.4, -0.2) is 35.5 Å². The Bertz CT molecular complexity index is 1100. The topological polar surface area (TPSA) is 62.5 Å². The quantitative estimate of drug-likeness (QED) is 0.752. The van der Waals surface area contributed by atoms with Crippen LogP contribution in [0.3, 0.4) is 0 Å². The van der Waals surface area contributed by atoms with Crippen molar-refractivity contribution in [2.45, 2.75) is 17.5 Å². The van der Waals surface area contributed by atoms with Gasteiger partial charge in [0.2, 0.25) is 0 Å². The van der Waals surface area contributed by atoms with Crippen LogP contribution in [0.2, 0.25) is 0 Å². The molecule has 0 unspecified atom stereocenters. The monoisotopic (exact) mass is 380 g/mol. The number of aliphatic carboxylic acids is 1. The van der Waals surface area contributed by atoms with E-state index in [-0.39, 0.29) is 5.56 Å². The number of carboxylic acids is 1. The number of hydrogen-bond donors (Lipinski definition) is 1. The van der Waals surface area contributed by atoms with Gasteiger partial charge in [-0.3, -0.25) is 9.36 Å². The molecule has 6 heteroatoms. The highest BCUT2D eigenvalue weighted by molar-refractivity contribution is 7.99. The molecule has 1 atom stereocenters. The molecule has 4 rings (SSSR count). The summed E-state index contributed by atoms with van der Waals surface area (Å²) < 4.78 is 1.43. The van der Waals surface area contributed by atoms with Crippen LogP contribution in [-0.2, 0) is 11.2 Å². The normalized spacial score (nSPS) is 15.7. The minimum Gasteiger partial charge on any atom is -0.480 e. The van der Waals surface area contributed by atoms with Crippen molar-refractivity contribution in [2.24, 2.45) is 0 Å². The van der Waals surface area contributed by atoms with Crippen molar-refractivity contribution in [3.05, 3.63) is 70.0 Å². The number of thioether (sulfide) groups is 1. The summed E-state index contributed by atoms with van der Waals surface area (Å²) in [4.78, 5) is 26.3. The van der Waals surface area contributed by atoms with Gasteiger partial charge in [-0.15, -0.1) is 11.8 Å². The van der Waals surface area contributed by atoms with Gasteiger partial charge in [-0.1, -0.05) is 42.5 Å². The molecule has 138 valence electrons. The Balaban J connectivity index is 1.88. The van der Waals surface area contributed by atoms with E-state index in [0.717, 1.165) is 21.8 Å². The molecule has 1 aromatic heterocycles. The molecule has 0 spiro atoms. The summed E-state index contributed by atoms with van der Waals surface area (Å²) in [6, 6.07) is 15.2. The molecule has 1 aliphatic rings. The Labute approximate surface area is 161 Å². The van der Waals surface area contributed by atoms with Crippen LogP contribution in [0.4, 0.5) is 5.69 Å². The number of aromatic nitrogens is 1. The highest BCUT2D eigenvalue weighted by atomic mass is 32.2. The zero-order valence-electron chi connectivity index (χ0n) is 15.2. The van der Waals surface area contributed by atoms with E-state index in [0.29, 0.717) is 12.2 Å². The summed E-state index contributed by atoms with van der Waals surface area (Å²) >= 11 is 1.44. The Morgan fingerprint density at radius 3 is 2.67 bits per heavy atom. The minimum atomic E-state index is -0.963. The summed E-state index contributed by atoms with van der Waals surface area (Å²) in [6.07, 6.45) is 0.621. The average Bonchev–Trinajstić information content (AvgIpc) is 3.07. The van der Waals surface area contributed by atoms with Crippen molar-refractivity contribution < 1.29 is 9.90 Å². The highest BCUT2D eigenvalue weighted by Crippen LogP contribution is 2.40. The molecule has 0 saturated heterocycles. The molecule has 3 aromatic rings. The van der Waals surface area contributed by atoms with Gasteiger partial charge in [0.1, 0.15) is 11.1 Å². The van der Waals surface area contributed by atoms with E-state index in [1.54, 1.807) is 6.07 Å². The van der Waals surface area contributed by atoms with Gasteiger partial charge < -0.3 is 10.0 Å². The lowest BCUT2D eigenvalue weighted by Crippen LogP contribution is -2.30. The molecule has 0 bridgehead atoms. The lowest BCUT2D eigenvalue weighted by atomic mass is 9.98. The van der Waals surface area contributed by atoms with Crippen LogP contribution in [0.1, 0.15) is 17.2 Å². The van der Waals surface area contributed by atoms with Gasteiger partial charge in [0.25, 0.3) is 5.56 Å². The van der Waals surface area contributed by atoms with Crippen LogP contribution in [0.15, 0.2) is 58.4 Å². The van der Waals surface area contributed by atoms with Crippen molar-refractivity contribution in [1.29, 1.82) is 0 Å². The molecular formula is C21H20N2O3S. The molecule has 2 heterocycles. The molecule has 27 heavy (non-hydrogen) atoms.